The van der Waals surface area contributed by atoms with Crippen LogP contribution < -0.4 is 4.90 Å². The molecule has 2 nitrogen and oxygen atoms in total. The molecule has 0 radical (unpaired) electrons. The Morgan fingerprint density at radius 3 is 2.72 bits per heavy atom. The van der Waals surface area contributed by atoms with E-state index in [2.05, 4.69) is 65.6 Å². The summed E-state index contributed by atoms with van der Waals surface area (Å²) in [5.41, 5.74) is 4.50. The molecule has 3 aromatic rings. The molecule has 0 saturated heterocycles. The van der Waals surface area contributed by atoms with Gasteiger partial charge in [0.1, 0.15) is 0 Å². The molecule has 1 amide bonds. The van der Waals surface area contributed by atoms with Gasteiger partial charge in [-0.05, 0) is 46.4 Å². The van der Waals surface area contributed by atoms with Gasteiger partial charge in [0.05, 0.1) is 6.04 Å². The van der Waals surface area contributed by atoms with Crippen molar-refractivity contribution < 1.29 is 4.79 Å². The zero-order valence-electron chi connectivity index (χ0n) is 13.7. The highest BCUT2D eigenvalue weighted by atomic mass is 16.2. The molecule has 0 N–H and O–H groups in total. The van der Waals surface area contributed by atoms with Gasteiger partial charge < -0.3 is 4.90 Å². The van der Waals surface area contributed by atoms with Crippen LogP contribution in [0.4, 0.5) is 5.69 Å². The number of carbonyl (C=O) groups excluding carboxylic acids is 1. The van der Waals surface area contributed by atoms with Crippen LogP contribution in [0.3, 0.4) is 0 Å². The van der Waals surface area contributed by atoms with Crippen molar-refractivity contribution in [3.05, 3.63) is 89.5 Å². The second-order valence-corrected chi connectivity index (χ2v) is 7.28. The molecule has 0 aromatic heterocycles. The SMILES string of the molecule is O=C1c2ccccc2[C@H]2[C@@H]3CC=C[C@@H]3c3c(ccc4ccccc34)N12. The quantitative estimate of drug-likeness (QED) is 0.520. The normalized spacial score (nSPS) is 25.7. The van der Waals surface area contributed by atoms with E-state index in [4.69, 9.17) is 0 Å². The number of nitrogens with zero attached hydrogens (tertiary/aromatic N) is 1. The van der Waals surface area contributed by atoms with E-state index in [1.807, 2.05) is 12.1 Å². The van der Waals surface area contributed by atoms with Gasteiger partial charge in [0, 0.05) is 17.2 Å². The maximum Gasteiger partial charge on any atom is 0.259 e. The minimum atomic E-state index is 0.155. The van der Waals surface area contributed by atoms with Gasteiger partial charge in [-0.25, -0.2) is 0 Å². The number of allylic oxidation sites excluding steroid dienone is 2. The Kier molecular flexibility index (Phi) is 2.47. The Bertz CT molecular complexity index is 1080. The van der Waals surface area contributed by atoms with Crippen LogP contribution >= 0.6 is 0 Å². The third-order valence-electron chi connectivity index (χ3n) is 6.17. The number of rotatable bonds is 0. The van der Waals surface area contributed by atoms with E-state index >= 15 is 0 Å². The Morgan fingerprint density at radius 2 is 1.76 bits per heavy atom. The summed E-state index contributed by atoms with van der Waals surface area (Å²) in [7, 11) is 0. The van der Waals surface area contributed by atoms with Gasteiger partial charge in [0.25, 0.3) is 5.91 Å². The highest BCUT2D eigenvalue weighted by molar-refractivity contribution is 6.13. The number of anilines is 1. The van der Waals surface area contributed by atoms with Gasteiger partial charge >= 0.3 is 0 Å². The second kappa shape index (κ2) is 4.60. The summed E-state index contributed by atoms with van der Waals surface area (Å²) >= 11 is 0. The molecule has 0 unspecified atom stereocenters. The van der Waals surface area contributed by atoms with Crippen molar-refractivity contribution in [2.75, 3.05) is 4.90 Å². The average molecular weight is 323 g/mol. The van der Waals surface area contributed by atoms with Gasteiger partial charge in [-0.3, -0.25) is 4.79 Å². The Balaban J connectivity index is 1.69. The molecule has 120 valence electrons. The minimum Gasteiger partial charge on any atom is -0.300 e. The molecule has 25 heavy (non-hydrogen) atoms. The molecule has 0 saturated carbocycles. The lowest BCUT2D eigenvalue weighted by Gasteiger charge is -2.41. The van der Waals surface area contributed by atoms with E-state index in [0.717, 1.165) is 17.7 Å². The summed E-state index contributed by atoms with van der Waals surface area (Å²) in [6, 6.07) is 21.2. The van der Waals surface area contributed by atoms with E-state index in [9.17, 15) is 4.79 Å². The molecule has 2 aliphatic heterocycles. The highest BCUT2D eigenvalue weighted by Gasteiger charge is 2.49. The van der Waals surface area contributed by atoms with Crippen LogP contribution in [0.2, 0.25) is 0 Å². The zero-order valence-corrected chi connectivity index (χ0v) is 13.7. The maximum absolute atomic E-state index is 13.2. The molecule has 3 atom stereocenters. The molecule has 1 aliphatic carbocycles. The van der Waals surface area contributed by atoms with Crippen molar-refractivity contribution in [1.82, 2.24) is 0 Å². The smallest absolute Gasteiger partial charge is 0.259 e. The average Bonchev–Trinajstić information content (AvgIpc) is 3.25. The van der Waals surface area contributed by atoms with Gasteiger partial charge in [0.15, 0.2) is 0 Å². The Hall–Kier alpha value is -2.87. The maximum atomic E-state index is 13.2. The first-order valence-corrected chi connectivity index (χ1v) is 8.95. The van der Waals surface area contributed by atoms with Crippen LogP contribution in [0.5, 0.6) is 0 Å². The summed E-state index contributed by atoms with van der Waals surface area (Å²) < 4.78 is 0. The van der Waals surface area contributed by atoms with E-state index in [-0.39, 0.29) is 11.9 Å². The van der Waals surface area contributed by atoms with Crippen molar-refractivity contribution in [2.45, 2.75) is 18.4 Å². The number of carbonyl (C=O) groups is 1. The molecule has 6 rings (SSSR count). The highest BCUT2D eigenvalue weighted by Crippen LogP contribution is 2.57. The predicted molar refractivity (Wildman–Crippen MR) is 99.9 cm³/mol. The van der Waals surface area contributed by atoms with E-state index in [0.29, 0.717) is 11.8 Å². The van der Waals surface area contributed by atoms with Crippen LogP contribution in [-0.4, -0.2) is 5.91 Å². The minimum absolute atomic E-state index is 0.155. The molecule has 0 fully saturated rings. The lowest BCUT2D eigenvalue weighted by molar-refractivity contribution is 0.0981. The fourth-order valence-electron chi connectivity index (χ4n) is 5.18. The van der Waals surface area contributed by atoms with Crippen molar-refractivity contribution in [3.8, 4) is 0 Å². The number of amides is 1. The first-order valence-electron chi connectivity index (χ1n) is 8.95. The number of benzene rings is 3. The molecule has 3 aliphatic rings. The fraction of sp³-hybridized carbons (Fsp3) is 0.174. The van der Waals surface area contributed by atoms with E-state index in [1.54, 1.807) is 0 Å². The molecule has 2 heterocycles. The monoisotopic (exact) mass is 323 g/mol. The van der Waals surface area contributed by atoms with Crippen LogP contribution in [0.1, 0.15) is 39.9 Å². The van der Waals surface area contributed by atoms with Gasteiger partial charge in [-0.1, -0.05) is 60.7 Å². The standard InChI is InChI=1S/C23H17NO/c25-23-19-9-4-3-8-18(19)22-17-11-5-10-16(17)21-15-7-2-1-6-14(15)12-13-20(21)24(22)23/h1-10,12-13,16-17,22H,11H2/t16-,17+,22+/m0/s1. The zero-order chi connectivity index (χ0) is 16.5. The predicted octanol–water partition coefficient (Wildman–Crippen LogP) is 5.21. The van der Waals surface area contributed by atoms with Gasteiger partial charge in [-0.15, -0.1) is 0 Å². The van der Waals surface area contributed by atoms with Crippen LogP contribution in [0, 0.1) is 5.92 Å². The molecular weight excluding hydrogens is 306 g/mol. The van der Waals surface area contributed by atoms with E-state index in [1.165, 1.54) is 21.9 Å². The van der Waals surface area contributed by atoms with Crippen LogP contribution in [0.25, 0.3) is 10.8 Å². The summed E-state index contributed by atoms with van der Waals surface area (Å²) in [5.74, 6) is 0.981. The van der Waals surface area contributed by atoms with Crippen molar-refractivity contribution in [2.24, 2.45) is 5.92 Å². The number of fused-ring (bicyclic) bond motifs is 10. The lowest BCUT2D eigenvalue weighted by atomic mass is 9.75. The van der Waals surface area contributed by atoms with E-state index < -0.39 is 0 Å². The number of hydrogen-bond donors (Lipinski definition) is 0. The second-order valence-electron chi connectivity index (χ2n) is 7.28. The molecule has 2 heteroatoms. The third kappa shape index (κ3) is 1.57. The number of hydrogen-bond acceptors (Lipinski definition) is 1. The topological polar surface area (TPSA) is 20.3 Å². The summed E-state index contributed by atoms with van der Waals surface area (Å²) in [6.45, 7) is 0. The Morgan fingerprint density at radius 1 is 0.920 bits per heavy atom. The van der Waals surface area contributed by atoms with Crippen LogP contribution in [-0.2, 0) is 0 Å². The van der Waals surface area contributed by atoms with Crippen LogP contribution in [0.15, 0.2) is 72.8 Å². The summed E-state index contributed by atoms with van der Waals surface area (Å²) in [5, 5.41) is 2.53. The molecule has 0 spiro atoms. The van der Waals surface area contributed by atoms with Gasteiger partial charge in [0.2, 0.25) is 0 Å². The largest absolute Gasteiger partial charge is 0.300 e. The first-order chi connectivity index (χ1) is 12.3. The lowest BCUT2D eigenvalue weighted by Crippen LogP contribution is -2.38. The Labute approximate surface area is 146 Å². The summed E-state index contributed by atoms with van der Waals surface area (Å²) in [4.78, 5) is 15.3. The molecular formula is C23H17NO. The summed E-state index contributed by atoms with van der Waals surface area (Å²) in [6.07, 6.45) is 5.70. The molecule has 3 aromatic carbocycles. The molecule has 0 bridgehead atoms. The van der Waals surface area contributed by atoms with Crippen molar-refractivity contribution >= 4 is 22.4 Å². The van der Waals surface area contributed by atoms with Gasteiger partial charge in [-0.2, -0.15) is 0 Å². The first kappa shape index (κ1) is 13.4. The van der Waals surface area contributed by atoms with Crippen molar-refractivity contribution in [3.63, 3.8) is 0 Å². The fourth-order valence-corrected chi connectivity index (χ4v) is 5.18. The third-order valence-corrected chi connectivity index (χ3v) is 6.17. The van der Waals surface area contributed by atoms with Crippen molar-refractivity contribution in [1.29, 1.82) is 0 Å².